The van der Waals surface area contributed by atoms with Gasteiger partial charge < -0.3 is 15.1 Å². The highest BCUT2D eigenvalue weighted by atomic mass is 35.5. The van der Waals surface area contributed by atoms with Crippen LogP contribution in [-0.2, 0) is 0 Å². The van der Waals surface area contributed by atoms with Crippen molar-refractivity contribution in [1.29, 1.82) is 0 Å². The lowest BCUT2D eigenvalue weighted by Gasteiger charge is -2.36. The molecule has 0 unspecified atom stereocenters. The lowest BCUT2D eigenvalue weighted by Crippen LogP contribution is -2.48. The summed E-state index contributed by atoms with van der Waals surface area (Å²) in [5.74, 6) is -0.119. The molecular weight excluding hydrogens is 446 g/mol. The Kier molecular flexibility index (Phi) is 6.19. The fourth-order valence-electron chi connectivity index (χ4n) is 4.38. The predicted octanol–water partition coefficient (Wildman–Crippen LogP) is 5.71. The zero-order valence-electron chi connectivity index (χ0n) is 18.6. The van der Waals surface area contributed by atoms with Gasteiger partial charge in [0.05, 0.1) is 10.7 Å². The number of benzene rings is 4. The number of nitrogens with zero attached hydrogens (tertiary/aromatic N) is 2. The van der Waals surface area contributed by atoms with Crippen LogP contribution in [0.4, 0.5) is 11.4 Å². The van der Waals surface area contributed by atoms with E-state index in [1.54, 1.807) is 6.07 Å². The normalized spacial score (nSPS) is 13.7. The van der Waals surface area contributed by atoms with Crippen molar-refractivity contribution < 1.29 is 9.59 Å². The molecule has 6 heteroatoms. The number of amides is 2. The molecule has 0 spiro atoms. The van der Waals surface area contributed by atoms with Crippen molar-refractivity contribution in [3.8, 4) is 0 Å². The maximum Gasteiger partial charge on any atom is 0.256 e. The zero-order chi connectivity index (χ0) is 23.5. The number of anilines is 2. The maximum absolute atomic E-state index is 12.9. The third kappa shape index (κ3) is 4.47. The minimum absolute atomic E-state index is 0.0536. The molecule has 1 saturated heterocycles. The standard InChI is InChI=1S/C28H24ClN3O2/c29-25-19-22(30-27(33)24-12-6-10-20-7-4-5-11-23(20)24)13-14-26(25)31-15-17-32(18-16-31)28(34)21-8-2-1-3-9-21/h1-14,19H,15-18H2,(H,30,33). The van der Waals surface area contributed by atoms with Crippen LogP contribution in [0, 0.1) is 0 Å². The van der Waals surface area contributed by atoms with Gasteiger partial charge in [-0.05, 0) is 47.2 Å². The first kappa shape index (κ1) is 22.0. The lowest BCUT2D eigenvalue weighted by molar-refractivity contribution is 0.0746. The van der Waals surface area contributed by atoms with E-state index in [1.165, 1.54) is 0 Å². The molecule has 34 heavy (non-hydrogen) atoms. The van der Waals surface area contributed by atoms with Gasteiger partial charge in [-0.15, -0.1) is 0 Å². The van der Waals surface area contributed by atoms with Crippen LogP contribution < -0.4 is 10.2 Å². The number of hydrogen-bond acceptors (Lipinski definition) is 3. The van der Waals surface area contributed by atoms with Gasteiger partial charge in [0.2, 0.25) is 0 Å². The molecule has 0 bridgehead atoms. The molecule has 1 aliphatic heterocycles. The highest BCUT2D eigenvalue weighted by Gasteiger charge is 2.23. The summed E-state index contributed by atoms with van der Waals surface area (Å²) in [4.78, 5) is 29.7. The second-order valence-electron chi connectivity index (χ2n) is 8.29. The molecule has 5 rings (SSSR count). The first-order chi connectivity index (χ1) is 16.6. The molecule has 0 saturated carbocycles. The Morgan fingerprint density at radius 2 is 1.47 bits per heavy atom. The van der Waals surface area contributed by atoms with Crippen LogP contribution in [0.1, 0.15) is 20.7 Å². The number of rotatable bonds is 4. The average Bonchev–Trinajstić information content (AvgIpc) is 2.88. The van der Waals surface area contributed by atoms with Crippen molar-refractivity contribution in [3.63, 3.8) is 0 Å². The molecule has 0 aromatic heterocycles. The van der Waals surface area contributed by atoms with Gasteiger partial charge in [-0.2, -0.15) is 0 Å². The smallest absolute Gasteiger partial charge is 0.256 e. The number of carbonyl (C=O) groups excluding carboxylic acids is 2. The summed E-state index contributed by atoms with van der Waals surface area (Å²) in [6.07, 6.45) is 0. The summed E-state index contributed by atoms with van der Waals surface area (Å²) in [7, 11) is 0. The lowest BCUT2D eigenvalue weighted by atomic mass is 10.0. The average molecular weight is 470 g/mol. The van der Waals surface area contributed by atoms with Crippen LogP contribution in [0.25, 0.3) is 10.8 Å². The van der Waals surface area contributed by atoms with Crippen molar-refractivity contribution in [1.82, 2.24) is 4.90 Å². The van der Waals surface area contributed by atoms with Gasteiger partial charge >= 0.3 is 0 Å². The van der Waals surface area contributed by atoms with E-state index in [4.69, 9.17) is 11.6 Å². The van der Waals surface area contributed by atoms with Crippen LogP contribution >= 0.6 is 11.6 Å². The molecule has 4 aromatic rings. The molecule has 1 fully saturated rings. The van der Waals surface area contributed by atoms with Crippen LogP contribution in [0.15, 0.2) is 91.0 Å². The maximum atomic E-state index is 12.9. The Balaban J connectivity index is 1.25. The van der Waals surface area contributed by atoms with Crippen molar-refractivity contribution in [2.24, 2.45) is 0 Å². The van der Waals surface area contributed by atoms with Gasteiger partial charge in [0.1, 0.15) is 0 Å². The van der Waals surface area contributed by atoms with Gasteiger partial charge in [0.15, 0.2) is 0 Å². The van der Waals surface area contributed by atoms with Crippen molar-refractivity contribution in [2.45, 2.75) is 0 Å². The first-order valence-electron chi connectivity index (χ1n) is 11.3. The zero-order valence-corrected chi connectivity index (χ0v) is 19.3. The summed E-state index contributed by atoms with van der Waals surface area (Å²) >= 11 is 6.61. The Morgan fingerprint density at radius 1 is 0.765 bits per heavy atom. The van der Waals surface area contributed by atoms with Gasteiger partial charge in [-0.1, -0.05) is 66.2 Å². The number of carbonyl (C=O) groups is 2. The number of nitrogens with one attached hydrogen (secondary N) is 1. The summed E-state index contributed by atoms with van der Waals surface area (Å²) < 4.78 is 0. The molecule has 2 amide bonds. The molecule has 0 atom stereocenters. The van der Waals surface area contributed by atoms with Crippen LogP contribution in [0.5, 0.6) is 0 Å². The largest absolute Gasteiger partial charge is 0.367 e. The SMILES string of the molecule is O=C(Nc1ccc(N2CCN(C(=O)c3ccccc3)CC2)c(Cl)c1)c1cccc2ccccc12. The van der Waals surface area contributed by atoms with Crippen molar-refractivity contribution >= 4 is 45.6 Å². The van der Waals surface area contributed by atoms with E-state index in [1.807, 2.05) is 89.8 Å². The van der Waals surface area contributed by atoms with E-state index in [0.717, 1.165) is 16.5 Å². The van der Waals surface area contributed by atoms with E-state index in [-0.39, 0.29) is 11.8 Å². The van der Waals surface area contributed by atoms with E-state index >= 15 is 0 Å². The fourth-order valence-corrected chi connectivity index (χ4v) is 4.68. The van der Waals surface area contributed by atoms with Gasteiger partial charge in [-0.3, -0.25) is 9.59 Å². The number of fused-ring (bicyclic) bond motifs is 1. The fraction of sp³-hybridized carbons (Fsp3) is 0.143. The van der Waals surface area contributed by atoms with Gasteiger partial charge in [0, 0.05) is 43.0 Å². The number of halogens is 1. The summed E-state index contributed by atoms with van der Waals surface area (Å²) in [5.41, 5.74) is 2.87. The molecule has 4 aromatic carbocycles. The summed E-state index contributed by atoms with van der Waals surface area (Å²) in [5, 5.41) is 5.47. The topological polar surface area (TPSA) is 52.7 Å². The predicted molar refractivity (Wildman–Crippen MR) is 138 cm³/mol. The van der Waals surface area contributed by atoms with Crippen LogP contribution in [-0.4, -0.2) is 42.9 Å². The highest BCUT2D eigenvalue weighted by Crippen LogP contribution is 2.30. The minimum Gasteiger partial charge on any atom is -0.367 e. The Hall–Kier alpha value is -3.83. The van der Waals surface area contributed by atoms with E-state index in [9.17, 15) is 9.59 Å². The van der Waals surface area contributed by atoms with E-state index in [0.29, 0.717) is 48.0 Å². The third-order valence-corrected chi connectivity index (χ3v) is 6.47. The Labute approximate surface area is 203 Å². The monoisotopic (exact) mass is 469 g/mol. The van der Waals surface area contributed by atoms with Crippen LogP contribution in [0.2, 0.25) is 5.02 Å². The molecule has 170 valence electrons. The number of hydrogen-bond donors (Lipinski definition) is 1. The second kappa shape index (κ2) is 9.57. The molecule has 0 radical (unpaired) electrons. The molecular formula is C28H24ClN3O2. The van der Waals surface area contributed by atoms with Gasteiger partial charge in [0.25, 0.3) is 11.8 Å². The third-order valence-electron chi connectivity index (χ3n) is 6.17. The second-order valence-corrected chi connectivity index (χ2v) is 8.70. The van der Waals surface area contributed by atoms with Crippen molar-refractivity contribution in [2.75, 3.05) is 36.4 Å². The summed E-state index contributed by atoms with van der Waals surface area (Å²) in [6, 6.07) is 28.4. The Bertz CT molecular complexity index is 1340. The molecule has 1 aliphatic rings. The molecule has 5 nitrogen and oxygen atoms in total. The molecule has 1 N–H and O–H groups in total. The van der Waals surface area contributed by atoms with Gasteiger partial charge in [-0.25, -0.2) is 0 Å². The molecule has 1 heterocycles. The van der Waals surface area contributed by atoms with E-state index < -0.39 is 0 Å². The quantitative estimate of drug-likeness (QED) is 0.416. The number of piperazine rings is 1. The summed E-state index contributed by atoms with van der Waals surface area (Å²) in [6.45, 7) is 2.65. The van der Waals surface area contributed by atoms with Crippen molar-refractivity contribution in [3.05, 3.63) is 107 Å². The highest BCUT2D eigenvalue weighted by molar-refractivity contribution is 6.33. The van der Waals surface area contributed by atoms with E-state index in [2.05, 4.69) is 10.2 Å². The molecule has 0 aliphatic carbocycles. The Morgan fingerprint density at radius 3 is 2.24 bits per heavy atom. The first-order valence-corrected chi connectivity index (χ1v) is 11.7. The minimum atomic E-state index is -0.173. The van der Waals surface area contributed by atoms with Crippen LogP contribution in [0.3, 0.4) is 0 Å².